The zero-order valence-electron chi connectivity index (χ0n) is 9.18. The van der Waals surface area contributed by atoms with Crippen LogP contribution < -0.4 is 5.32 Å². The predicted octanol–water partition coefficient (Wildman–Crippen LogP) is 0.209. The van der Waals surface area contributed by atoms with Crippen LogP contribution >= 0.6 is 0 Å². The summed E-state index contributed by atoms with van der Waals surface area (Å²) in [4.78, 5) is 26.0. The van der Waals surface area contributed by atoms with Gasteiger partial charge in [-0.25, -0.2) is 0 Å². The number of Topliss-reactive ketones (excluding diaryl/α,β-unsaturated/α-hetero) is 1. The lowest BCUT2D eigenvalue weighted by Crippen LogP contribution is -2.38. The average molecular weight is 222 g/mol. The molecule has 5 heteroatoms. The lowest BCUT2D eigenvalue weighted by molar-refractivity contribution is -0.128. The summed E-state index contributed by atoms with van der Waals surface area (Å²) in [5.74, 6) is -0.697. The molecule has 1 aromatic rings. The van der Waals surface area contributed by atoms with E-state index in [2.05, 4.69) is 10.3 Å². The molecule has 0 aromatic carbocycles. The lowest BCUT2D eigenvalue weighted by atomic mass is 10.00. The van der Waals surface area contributed by atoms with E-state index in [4.69, 9.17) is 0 Å². The maximum absolute atomic E-state index is 11.1. The van der Waals surface area contributed by atoms with Gasteiger partial charge in [0.05, 0.1) is 6.04 Å². The molecule has 0 fully saturated rings. The second kappa shape index (κ2) is 5.37. The molecule has 1 rings (SSSR count). The fourth-order valence-electron chi connectivity index (χ4n) is 1.37. The van der Waals surface area contributed by atoms with Gasteiger partial charge in [-0.3, -0.25) is 14.6 Å². The fourth-order valence-corrected chi connectivity index (χ4v) is 1.37. The van der Waals surface area contributed by atoms with Crippen molar-refractivity contribution >= 4 is 11.7 Å². The van der Waals surface area contributed by atoms with Crippen molar-refractivity contribution in [1.82, 2.24) is 10.3 Å². The first-order valence-electron chi connectivity index (χ1n) is 4.88. The third-order valence-corrected chi connectivity index (χ3v) is 2.16. The Morgan fingerprint density at radius 1 is 1.31 bits per heavy atom. The van der Waals surface area contributed by atoms with Crippen LogP contribution in [0.4, 0.5) is 0 Å². The topological polar surface area (TPSA) is 79.3 Å². The van der Waals surface area contributed by atoms with E-state index in [1.165, 1.54) is 26.2 Å². The second-order valence-corrected chi connectivity index (χ2v) is 3.51. The molecular formula is C11H14N2O3. The van der Waals surface area contributed by atoms with Gasteiger partial charge in [-0.2, -0.15) is 0 Å². The molecule has 2 unspecified atom stereocenters. The van der Waals surface area contributed by atoms with Gasteiger partial charge in [0, 0.05) is 19.3 Å². The van der Waals surface area contributed by atoms with Gasteiger partial charge in [0.25, 0.3) is 0 Å². The molecule has 0 aliphatic carbocycles. The molecule has 16 heavy (non-hydrogen) atoms. The first-order chi connectivity index (χ1) is 7.52. The summed E-state index contributed by atoms with van der Waals surface area (Å²) >= 11 is 0. The van der Waals surface area contributed by atoms with Crippen molar-refractivity contribution in [2.75, 3.05) is 0 Å². The van der Waals surface area contributed by atoms with Crippen LogP contribution in [0.5, 0.6) is 0 Å². The molecule has 0 aliphatic heterocycles. The maximum atomic E-state index is 11.1. The Labute approximate surface area is 93.5 Å². The number of carbonyl (C=O) groups excluding carboxylic acids is 2. The molecule has 2 atom stereocenters. The van der Waals surface area contributed by atoms with Crippen molar-refractivity contribution < 1.29 is 14.7 Å². The Bertz CT molecular complexity index is 378. The number of ketones is 1. The minimum absolute atomic E-state index is 0.304. The quantitative estimate of drug-likeness (QED) is 0.763. The highest BCUT2D eigenvalue weighted by Gasteiger charge is 2.25. The average Bonchev–Trinajstić information content (AvgIpc) is 2.26. The lowest BCUT2D eigenvalue weighted by Gasteiger charge is -2.21. The predicted molar refractivity (Wildman–Crippen MR) is 57.5 cm³/mol. The number of aliphatic hydroxyl groups excluding tert-OH is 1. The number of nitrogens with zero attached hydrogens (tertiary/aromatic N) is 1. The van der Waals surface area contributed by atoms with Crippen molar-refractivity contribution in [3.05, 3.63) is 30.1 Å². The standard InChI is InChI=1S/C11H14N2O3/c1-7(14)11(16)10(13-8(2)15)9-3-5-12-6-4-9/h3-6,10-11,16H,1-2H3,(H,13,15). The molecule has 0 saturated heterocycles. The van der Waals surface area contributed by atoms with Crippen molar-refractivity contribution in [3.63, 3.8) is 0 Å². The van der Waals surface area contributed by atoms with Gasteiger partial charge in [0.1, 0.15) is 6.10 Å². The molecule has 86 valence electrons. The van der Waals surface area contributed by atoms with Gasteiger partial charge in [0.2, 0.25) is 5.91 Å². The van der Waals surface area contributed by atoms with E-state index in [0.29, 0.717) is 5.56 Å². The molecule has 0 aliphatic rings. The van der Waals surface area contributed by atoms with E-state index >= 15 is 0 Å². The smallest absolute Gasteiger partial charge is 0.217 e. The van der Waals surface area contributed by atoms with Gasteiger partial charge in [-0.15, -0.1) is 0 Å². The molecule has 0 saturated carbocycles. The second-order valence-electron chi connectivity index (χ2n) is 3.51. The summed E-state index contributed by atoms with van der Waals surface area (Å²) in [5, 5.41) is 12.2. The minimum atomic E-state index is -1.24. The Kier molecular flexibility index (Phi) is 4.13. The van der Waals surface area contributed by atoms with Gasteiger partial charge in [0.15, 0.2) is 5.78 Å². The Balaban J connectivity index is 2.96. The Morgan fingerprint density at radius 2 is 1.88 bits per heavy atom. The normalized spacial score (nSPS) is 13.9. The Morgan fingerprint density at radius 3 is 2.31 bits per heavy atom. The molecule has 5 nitrogen and oxygen atoms in total. The first kappa shape index (κ1) is 12.3. The number of hydrogen-bond donors (Lipinski definition) is 2. The van der Waals surface area contributed by atoms with Crippen LogP contribution in [0.2, 0.25) is 0 Å². The van der Waals surface area contributed by atoms with Gasteiger partial charge < -0.3 is 10.4 Å². The highest BCUT2D eigenvalue weighted by molar-refractivity contribution is 5.82. The largest absolute Gasteiger partial charge is 0.383 e. The molecule has 0 bridgehead atoms. The number of pyridine rings is 1. The van der Waals surface area contributed by atoms with Gasteiger partial charge in [-0.1, -0.05) is 0 Å². The van der Waals surface area contributed by atoms with E-state index in [0.717, 1.165) is 0 Å². The third kappa shape index (κ3) is 3.13. The van der Waals surface area contributed by atoms with Crippen molar-refractivity contribution in [3.8, 4) is 0 Å². The summed E-state index contributed by atoms with van der Waals surface area (Å²) in [7, 11) is 0. The minimum Gasteiger partial charge on any atom is -0.383 e. The van der Waals surface area contributed by atoms with Crippen LogP contribution in [0.3, 0.4) is 0 Å². The summed E-state index contributed by atoms with van der Waals surface area (Å²) in [6.07, 6.45) is 1.83. The van der Waals surface area contributed by atoms with E-state index in [-0.39, 0.29) is 5.91 Å². The van der Waals surface area contributed by atoms with Crippen molar-refractivity contribution in [2.24, 2.45) is 0 Å². The summed E-state index contributed by atoms with van der Waals surface area (Å²) in [5.41, 5.74) is 0.646. The van der Waals surface area contributed by atoms with Crippen LogP contribution in [0.25, 0.3) is 0 Å². The summed E-state index contributed by atoms with van der Waals surface area (Å²) < 4.78 is 0. The Hall–Kier alpha value is -1.75. The van der Waals surface area contributed by atoms with Crippen LogP contribution in [0, 0.1) is 0 Å². The van der Waals surface area contributed by atoms with Gasteiger partial charge in [-0.05, 0) is 24.6 Å². The van der Waals surface area contributed by atoms with Crippen LogP contribution in [0.1, 0.15) is 25.5 Å². The highest BCUT2D eigenvalue weighted by Crippen LogP contribution is 2.16. The zero-order valence-corrected chi connectivity index (χ0v) is 9.18. The fraction of sp³-hybridized carbons (Fsp3) is 0.364. The van der Waals surface area contributed by atoms with E-state index in [1.54, 1.807) is 12.1 Å². The third-order valence-electron chi connectivity index (χ3n) is 2.16. The van der Waals surface area contributed by atoms with E-state index in [9.17, 15) is 14.7 Å². The number of carbonyl (C=O) groups is 2. The molecular weight excluding hydrogens is 208 g/mol. The number of hydrogen-bond acceptors (Lipinski definition) is 4. The van der Waals surface area contributed by atoms with Crippen molar-refractivity contribution in [2.45, 2.75) is 26.0 Å². The molecule has 2 N–H and O–H groups in total. The summed E-state index contributed by atoms with van der Waals surface area (Å²) in [6, 6.07) is 2.57. The molecule has 0 spiro atoms. The molecule has 1 amide bonds. The number of rotatable bonds is 4. The highest BCUT2D eigenvalue weighted by atomic mass is 16.3. The van der Waals surface area contributed by atoms with E-state index in [1.807, 2.05) is 0 Å². The van der Waals surface area contributed by atoms with E-state index < -0.39 is 17.9 Å². The maximum Gasteiger partial charge on any atom is 0.217 e. The number of aliphatic hydroxyl groups is 1. The zero-order chi connectivity index (χ0) is 12.1. The van der Waals surface area contributed by atoms with Crippen LogP contribution in [-0.2, 0) is 9.59 Å². The van der Waals surface area contributed by atoms with Crippen LogP contribution in [0.15, 0.2) is 24.5 Å². The van der Waals surface area contributed by atoms with Crippen LogP contribution in [-0.4, -0.2) is 27.9 Å². The summed E-state index contributed by atoms with van der Waals surface area (Å²) in [6.45, 7) is 2.61. The van der Waals surface area contributed by atoms with Crippen molar-refractivity contribution in [1.29, 1.82) is 0 Å². The molecule has 0 radical (unpaired) electrons. The number of nitrogens with one attached hydrogen (secondary N) is 1. The number of aromatic nitrogens is 1. The molecule has 1 aromatic heterocycles. The monoisotopic (exact) mass is 222 g/mol. The number of amides is 1. The van der Waals surface area contributed by atoms with Gasteiger partial charge >= 0.3 is 0 Å². The first-order valence-corrected chi connectivity index (χ1v) is 4.88. The molecule has 1 heterocycles. The SMILES string of the molecule is CC(=O)NC(c1ccncc1)C(O)C(C)=O.